The van der Waals surface area contributed by atoms with E-state index >= 15 is 0 Å². The molecule has 1 N–H and O–H groups in total. The maximum Gasteiger partial charge on any atom is 0.153 e. The van der Waals surface area contributed by atoms with Gasteiger partial charge in [-0.05, 0) is 65.4 Å². The average molecular weight is 392 g/mol. The van der Waals surface area contributed by atoms with E-state index in [-0.39, 0.29) is 0 Å². The molecule has 7 heteroatoms. The number of para-hydroxylation sites is 1. The molecule has 1 aliphatic rings. The second kappa shape index (κ2) is 8.31. The molecule has 1 fully saturated rings. The van der Waals surface area contributed by atoms with Crippen LogP contribution in [-0.4, -0.2) is 41.0 Å². The first kappa shape index (κ1) is 19.5. The fraction of sp³-hybridized carbons (Fsp3) is 0.364. The lowest BCUT2D eigenvalue weighted by atomic mass is 9.84. The summed E-state index contributed by atoms with van der Waals surface area (Å²) in [7, 11) is 3.41. The van der Waals surface area contributed by atoms with Crippen molar-refractivity contribution in [2.45, 2.75) is 25.5 Å². The Hall–Kier alpha value is -2.77. The summed E-state index contributed by atoms with van der Waals surface area (Å²) in [6, 6.07) is 16.3. The Morgan fingerprint density at radius 2 is 1.93 bits per heavy atom. The van der Waals surface area contributed by atoms with Crippen LogP contribution >= 0.6 is 0 Å². The summed E-state index contributed by atoms with van der Waals surface area (Å²) in [5.41, 5.74) is 2.77. The molecule has 1 aromatic heterocycles. The summed E-state index contributed by atoms with van der Waals surface area (Å²) in [5.74, 6) is 2.07. The van der Waals surface area contributed by atoms with Crippen molar-refractivity contribution in [3.8, 4) is 11.4 Å². The van der Waals surface area contributed by atoms with Crippen molar-refractivity contribution in [3.05, 3.63) is 71.9 Å². The number of aryl methyl sites for hydroxylation is 1. The zero-order valence-electron chi connectivity index (χ0n) is 17.0. The van der Waals surface area contributed by atoms with Crippen molar-refractivity contribution >= 4 is 0 Å². The predicted octanol–water partition coefficient (Wildman–Crippen LogP) is 2.84. The molecule has 0 amide bonds. The maximum atomic E-state index is 5.90. The van der Waals surface area contributed by atoms with Crippen molar-refractivity contribution in [1.29, 1.82) is 0 Å². The van der Waals surface area contributed by atoms with Gasteiger partial charge in [-0.3, -0.25) is 5.32 Å². The first-order chi connectivity index (χ1) is 14.1. The van der Waals surface area contributed by atoms with Gasteiger partial charge in [0.05, 0.1) is 12.8 Å². The Kier molecular flexibility index (Phi) is 5.60. The van der Waals surface area contributed by atoms with E-state index in [1.54, 1.807) is 18.9 Å². The number of hydrogen-bond donors (Lipinski definition) is 1. The molecule has 29 heavy (non-hydrogen) atoms. The zero-order valence-corrected chi connectivity index (χ0v) is 17.0. The van der Waals surface area contributed by atoms with Crippen LogP contribution in [0.1, 0.15) is 23.4 Å². The fourth-order valence-electron chi connectivity index (χ4n) is 3.93. The lowest BCUT2D eigenvalue weighted by Gasteiger charge is -2.40. The third kappa shape index (κ3) is 3.88. The van der Waals surface area contributed by atoms with Crippen molar-refractivity contribution in [2.24, 2.45) is 5.92 Å². The Balaban J connectivity index is 1.48. The van der Waals surface area contributed by atoms with Crippen LogP contribution in [0.15, 0.2) is 48.5 Å². The molecule has 0 bridgehead atoms. The number of methoxy groups -OCH3 is 2. The van der Waals surface area contributed by atoms with E-state index in [0.717, 1.165) is 42.2 Å². The van der Waals surface area contributed by atoms with Gasteiger partial charge in [0.2, 0.25) is 0 Å². The molecule has 4 rings (SSSR count). The molecule has 0 saturated carbocycles. The van der Waals surface area contributed by atoms with Gasteiger partial charge in [0.1, 0.15) is 11.5 Å². The fourth-order valence-corrected chi connectivity index (χ4v) is 3.93. The number of aromatic nitrogens is 4. The normalized spacial score (nSPS) is 21.8. The van der Waals surface area contributed by atoms with Gasteiger partial charge in [-0.2, -0.15) is 4.68 Å². The van der Waals surface area contributed by atoms with Crippen LogP contribution in [-0.2, 0) is 16.9 Å². The van der Waals surface area contributed by atoms with Gasteiger partial charge in [0.25, 0.3) is 0 Å². The summed E-state index contributed by atoms with van der Waals surface area (Å²) >= 11 is 0. The molecule has 2 heterocycles. The molecule has 151 valence electrons. The smallest absolute Gasteiger partial charge is 0.153 e. The highest BCUT2D eigenvalue weighted by molar-refractivity contribution is 5.41. The molecular weight excluding hydrogens is 366 g/mol. The average Bonchev–Trinajstić information content (AvgIpc) is 3.20. The maximum absolute atomic E-state index is 5.90. The van der Waals surface area contributed by atoms with Gasteiger partial charge in [-0.25, -0.2) is 0 Å². The number of tetrazole rings is 1. The first-order valence-electron chi connectivity index (χ1n) is 9.77. The van der Waals surface area contributed by atoms with Crippen LogP contribution in [0.4, 0.5) is 0 Å². The van der Waals surface area contributed by atoms with E-state index in [0.29, 0.717) is 5.92 Å². The highest BCUT2D eigenvalue weighted by atomic mass is 16.5. The van der Waals surface area contributed by atoms with Crippen LogP contribution in [0.5, 0.6) is 5.75 Å². The molecule has 0 spiro atoms. The highest BCUT2D eigenvalue weighted by Gasteiger charge is 2.37. The van der Waals surface area contributed by atoms with Gasteiger partial charge in [-0.1, -0.05) is 30.3 Å². The highest BCUT2D eigenvalue weighted by Crippen LogP contribution is 2.34. The topological polar surface area (TPSA) is 74.1 Å². The molecule has 2 aromatic carbocycles. The minimum Gasteiger partial charge on any atom is -0.497 e. The standard InChI is InChI=1S/C22H26N5O2/c1-16-24-25-26-27(16)21-7-5-4-6-18(21)14-17-12-13-22(29-3,23-15-17)19-8-10-20(28-2)11-9-19/h4-11,13,17,23H,12,14-15H2,1-3H3. The van der Waals surface area contributed by atoms with Crippen LogP contribution in [0, 0.1) is 19.3 Å². The van der Waals surface area contributed by atoms with E-state index in [1.807, 2.05) is 37.3 Å². The van der Waals surface area contributed by atoms with Crippen molar-refractivity contribution in [1.82, 2.24) is 25.5 Å². The Labute approximate surface area is 171 Å². The third-order valence-electron chi connectivity index (χ3n) is 5.59. The predicted molar refractivity (Wildman–Crippen MR) is 110 cm³/mol. The molecule has 1 saturated heterocycles. The summed E-state index contributed by atoms with van der Waals surface area (Å²) in [5, 5.41) is 15.5. The number of ether oxygens (including phenoxy) is 2. The van der Waals surface area contributed by atoms with Crippen LogP contribution in [0.25, 0.3) is 5.69 Å². The number of nitrogens with one attached hydrogen (secondary N) is 1. The summed E-state index contributed by atoms with van der Waals surface area (Å²) in [6.45, 7) is 2.76. The SMILES string of the molecule is COc1ccc(C2(OC)[CH]CC(Cc3ccccc3-n3nnnc3C)CN2)cc1. The molecular formula is C22H26N5O2. The van der Waals surface area contributed by atoms with E-state index in [9.17, 15) is 0 Å². The summed E-state index contributed by atoms with van der Waals surface area (Å²) in [4.78, 5) is 0. The number of benzene rings is 2. The Morgan fingerprint density at radius 3 is 2.55 bits per heavy atom. The third-order valence-corrected chi connectivity index (χ3v) is 5.59. The minimum atomic E-state index is -0.575. The lowest BCUT2D eigenvalue weighted by Crippen LogP contribution is -2.51. The molecule has 2 unspecified atom stereocenters. The van der Waals surface area contributed by atoms with E-state index < -0.39 is 5.72 Å². The largest absolute Gasteiger partial charge is 0.497 e. The molecule has 2 atom stereocenters. The number of hydrogen-bond acceptors (Lipinski definition) is 6. The van der Waals surface area contributed by atoms with E-state index in [2.05, 4.69) is 45.5 Å². The van der Waals surface area contributed by atoms with E-state index in [1.165, 1.54) is 5.56 Å². The molecule has 1 radical (unpaired) electrons. The second-order valence-electron chi connectivity index (χ2n) is 7.33. The van der Waals surface area contributed by atoms with Crippen molar-refractivity contribution in [2.75, 3.05) is 20.8 Å². The zero-order chi connectivity index (χ0) is 20.3. The van der Waals surface area contributed by atoms with Crippen molar-refractivity contribution in [3.63, 3.8) is 0 Å². The molecule has 1 aliphatic heterocycles. The second-order valence-corrected chi connectivity index (χ2v) is 7.33. The van der Waals surface area contributed by atoms with Crippen molar-refractivity contribution < 1.29 is 9.47 Å². The number of rotatable bonds is 6. The van der Waals surface area contributed by atoms with Gasteiger partial charge < -0.3 is 9.47 Å². The van der Waals surface area contributed by atoms with Gasteiger partial charge in [0.15, 0.2) is 5.82 Å². The summed E-state index contributed by atoms with van der Waals surface area (Å²) < 4.78 is 13.0. The lowest BCUT2D eigenvalue weighted by molar-refractivity contribution is -0.0356. The Morgan fingerprint density at radius 1 is 1.14 bits per heavy atom. The van der Waals surface area contributed by atoms with Gasteiger partial charge in [-0.15, -0.1) is 5.10 Å². The van der Waals surface area contributed by atoms with Gasteiger partial charge in [0, 0.05) is 20.1 Å². The van der Waals surface area contributed by atoms with E-state index in [4.69, 9.17) is 9.47 Å². The Bertz CT molecular complexity index is 946. The molecule has 7 nitrogen and oxygen atoms in total. The minimum absolute atomic E-state index is 0.453. The number of nitrogens with zero attached hydrogens (tertiary/aromatic N) is 4. The van der Waals surface area contributed by atoms with Gasteiger partial charge >= 0.3 is 0 Å². The quantitative estimate of drug-likeness (QED) is 0.695. The summed E-state index contributed by atoms with van der Waals surface area (Å²) in [6.07, 6.45) is 4.10. The molecule has 0 aliphatic carbocycles. The molecule has 3 aromatic rings. The van der Waals surface area contributed by atoms with Crippen LogP contribution < -0.4 is 10.1 Å². The van der Waals surface area contributed by atoms with Crippen LogP contribution in [0.2, 0.25) is 0 Å². The first-order valence-corrected chi connectivity index (χ1v) is 9.77. The monoisotopic (exact) mass is 392 g/mol. The number of piperidine rings is 1. The van der Waals surface area contributed by atoms with Crippen LogP contribution in [0.3, 0.4) is 0 Å².